The van der Waals surface area contributed by atoms with Crippen LogP contribution in [-0.2, 0) is 14.2 Å². The minimum atomic E-state index is -0.428. The van der Waals surface area contributed by atoms with E-state index in [1.165, 1.54) is 0 Å². The van der Waals surface area contributed by atoms with E-state index in [0.29, 0.717) is 30.4 Å². The highest BCUT2D eigenvalue weighted by atomic mass is 16.7. The van der Waals surface area contributed by atoms with Crippen molar-refractivity contribution in [3.05, 3.63) is 55.0 Å². The van der Waals surface area contributed by atoms with E-state index in [0.717, 1.165) is 74.0 Å². The van der Waals surface area contributed by atoms with Crippen LogP contribution in [-0.4, -0.2) is 75.1 Å². The summed E-state index contributed by atoms with van der Waals surface area (Å²) >= 11 is 0. The number of fused-ring (bicyclic) bond motifs is 3. The van der Waals surface area contributed by atoms with Crippen LogP contribution in [0.2, 0.25) is 0 Å². The van der Waals surface area contributed by atoms with Crippen LogP contribution in [0.4, 0.5) is 22.0 Å². The van der Waals surface area contributed by atoms with Crippen LogP contribution in [0.25, 0.3) is 22.4 Å². The van der Waals surface area contributed by atoms with Crippen molar-refractivity contribution in [2.45, 2.75) is 62.6 Å². The monoisotopic (exact) mass is 582 g/mol. The molecule has 12 nitrogen and oxygen atoms in total. The topological polar surface area (TPSA) is 129 Å². The third-order valence-corrected chi connectivity index (χ3v) is 8.97. The van der Waals surface area contributed by atoms with Crippen molar-refractivity contribution in [1.82, 2.24) is 24.7 Å². The van der Waals surface area contributed by atoms with Gasteiger partial charge in [-0.05, 0) is 62.1 Å². The second-order valence-corrected chi connectivity index (χ2v) is 11.8. The van der Waals surface area contributed by atoms with Crippen LogP contribution < -0.4 is 15.5 Å². The van der Waals surface area contributed by atoms with Crippen molar-refractivity contribution < 1.29 is 19.0 Å². The van der Waals surface area contributed by atoms with Gasteiger partial charge in [0.05, 0.1) is 54.9 Å². The zero-order chi connectivity index (χ0) is 28.8. The van der Waals surface area contributed by atoms with Crippen molar-refractivity contribution in [1.29, 1.82) is 0 Å². The van der Waals surface area contributed by atoms with Crippen molar-refractivity contribution in [2.24, 2.45) is 0 Å². The van der Waals surface area contributed by atoms with E-state index in [1.807, 2.05) is 30.5 Å². The highest BCUT2D eigenvalue weighted by Crippen LogP contribution is 2.42. The Hall–Kier alpha value is -4.13. The number of hydrogen-bond donors (Lipinski definition) is 2. The third kappa shape index (κ3) is 5.19. The maximum atomic E-state index is 12.5. The minimum absolute atomic E-state index is 0.206. The SMILES string of the molecule is O=C(Nc1ccc(-c2nc(N3CC4CCC(C3)O4)c3cnn(C4CCC5(CC4)OCCO5)c3n2)cc1)Nc1cccnc1. The number of anilines is 3. The number of nitrogens with one attached hydrogen (secondary N) is 2. The fraction of sp³-hybridized carbons (Fsp3) is 0.452. The van der Waals surface area contributed by atoms with E-state index in [2.05, 4.69) is 25.2 Å². The number of hydrogen-bond acceptors (Lipinski definition) is 9. The Morgan fingerprint density at radius 2 is 1.63 bits per heavy atom. The van der Waals surface area contributed by atoms with E-state index in [-0.39, 0.29) is 24.3 Å². The molecule has 6 heterocycles. The summed E-state index contributed by atoms with van der Waals surface area (Å²) in [6.45, 7) is 2.95. The van der Waals surface area contributed by atoms with Crippen LogP contribution in [0, 0.1) is 0 Å². The Balaban J connectivity index is 1.09. The zero-order valence-electron chi connectivity index (χ0n) is 23.8. The third-order valence-electron chi connectivity index (χ3n) is 8.97. The fourth-order valence-corrected chi connectivity index (χ4v) is 6.84. The van der Waals surface area contributed by atoms with E-state index in [9.17, 15) is 4.79 Å². The van der Waals surface area contributed by atoms with Gasteiger partial charge >= 0.3 is 6.03 Å². The molecule has 3 aromatic heterocycles. The first-order valence-electron chi connectivity index (χ1n) is 15.1. The van der Waals surface area contributed by atoms with Gasteiger partial charge in [-0.3, -0.25) is 4.98 Å². The second kappa shape index (κ2) is 10.9. The van der Waals surface area contributed by atoms with Gasteiger partial charge in [0.1, 0.15) is 5.82 Å². The molecule has 12 heteroatoms. The molecule has 3 saturated heterocycles. The summed E-state index contributed by atoms with van der Waals surface area (Å²) in [5.74, 6) is 1.10. The summed E-state index contributed by atoms with van der Waals surface area (Å²) in [4.78, 5) is 29.1. The second-order valence-electron chi connectivity index (χ2n) is 11.8. The molecule has 2 bridgehead atoms. The highest BCUT2D eigenvalue weighted by molar-refractivity contribution is 5.99. The van der Waals surface area contributed by atoms with E-state index >= 15 is 0 Å². The smallest absolute Gasteiger partial charge is 0.323 e. The number of rotatable bonds is 5. The Morgan fingerprint density at radius 1 is 0.884 bits per heavy atom. The number of urea groups is 1. The van der Waals surface area contributed by atoms with Gasteiger partial charge in [-0.25, -0.2) is 19.4 Å². The summed E-state index contributed by atoms with van der Waals surface area (Å²) < 4.78 is 20.2. The van der Waals surface area contributed by atoms with Gasteiger partial charge in [-0.2, -0.15) is 5.10 Å². The minimum Gasteiger partial charge on any atom is -0.371 e. The quantitative estimate of drug-likeness (QED) is 0.342. The lowest BCUT2D eigenvalue weighted by Crippen LogP contribution is -2.43. The van der Waals surface area contributed by atoms with Crippen LogP contribution in [0.5, 0.6) is 0 Å². The lowest BCUT2D eigenvalue weighted by Gasteiger charge is -2.35. The summed E-state index contributed by atoms with van der Waals surface area (Å²) in [5.41, 5.74) is 2.98. The molecule has 43 heavy (non-hydrogen) atoms. The molecule has 2 N–H and O–H groups in total. The average molecular weight is 583 g/mol. The number of carbonyl (C=O) groups excluding carboxylic acids is 1. The van der Waals surface area contributed by atoms with Gasteiger partial charge in [0, 0.05) is 43.4 Å². The summed E-state index contributed by atoms with van der Waals surface area (Å²) in [6, 6.07) is 11.0. The van der Waals surface area contributed by atoms with Gasteiger partial charge in [0.15, 0.2) is 17.3 Å². The molecule has 8 rings (SSSR count). The summed E-state index contributed by atoms with van der Waals surface area (Å²) in [6.07, 6.45) is 11.3. The van der Waals surface area contributed by atoms with Gasteiger partial charge in [-0.1, -0.05) is 0 Å². The highest BCUT2D eigenvalue weighted by Gasteiger charge is 2.41. The molecule has 4 aliphatic rings. The van der Waals surface area contributed by atoms with E-state index in [4.69, 9.17) is 29.3 Å². The van der Waals surface area contributed by atoms with Gasteiger partial charge < -0.3 is 29.7 Å². The van der Waals surface area contributed by atoms with Crippen LogP contribution >= 0.6 is 0 Å². The molecule has 0 radical (unpaired) electrons. The van der Waals surface area contributed by atoms with Crippen molar-refractivity contribution in [3.63, 3.8) is 0 Å². The molecule has 3 aliphatic heterocycles. The van der Waals surface area contributed by atoms with Crippen LogP contribution in [0.1, 0.15) is 44.6 Å². The summed E-state index contributed by atoms with van der Waals surface area (Å²) in [5, 5.41) is 11.5. The number of benzene rings is 1. The Morgan fingerprint density at radius 3 is 2.35 bits per heavy atom. The molecule has 2 atom stereocenters. The lowest BCUT2D eigenvalue weighted by atomic mass is 9.90. The number of nitrogens with zero attached hydrogens (tertiary/aromatic N) is 6. The number of pyridine rings is 1. The molecule has 1 spiro atoms. The van der Waals surface area contributed by atoms with Gasteiger partial charge in [0.2, 0.25) is 0 Å². The maximum Gasteiger partial charge on any atom is 0.323 e. The van der Waals surface area contributed by atoms with Crippen molar-refractivity contribution in [3.8, 4) is 11.4 Å². The normalized spacial score (nSPS) is 23.2. The first kappa shape index (κ1) is 26.5. The van der Waals surface area contributed by atoms with E-state index in [1.54, 1.807) is 24.5 Å². The molecule has 4 aromatic rings. The maximum absolute atomic E-state index is 12.5. The standard InChI is InChI=1S/C31H34N8O4/c40-30(35-22-2-1-13-32-16-22)34-21-5-3-20(4-6-21)27-36-28(38-18-24-7-8-25(19-38)43-24)26-17-33-39(29(26)37-27)23-9-11-31(12-10-23)41-14-15-42-31/h1-6,13,16-17,23-25H,7-12,14-15,18-19H2,(H2,34,35,40). The molecule has 2 amide bonds. The number of amides is 2. The van der Waals surface area contributed by atoms with Crippen molar-refractivity contribution >= 4 is 34.3 Å². The molecule has 1 aromatic carbocycles. The molecule has 222 valence electrons. The molecule has 4 fully saturated rings. The Bertz CT molecular complexity index is 1600. The van der Waals surface area contributed by atoms with Crippen molar-refractivity contribution in [2.75, 3.05) is 41.8 Å². The Kier molecular flexibility index (Phi) is 6.69. The average Bonchev–Trinajstić information content (AvgIpc) is 3.76. The molecule has 1 saturated carbocycles. The first-order valence-corrected chi connectivity index (χ1v) is 15.1. The van der Waals surface area contributed by atoms with Gasteiger partial charge in [0.25, 0.3) is 0 Å². The largest absolute Gasteiger partial charge is 0.371 e. The molecule has 2 unspecified atom stereocenters. The summed E-state index contributed by atoms with van der Waals surface area (Å²) in [7, 11) is 0. The van der Waals surface area contributed by atoms with E-state index < -0.39 is 5.79 Å². The number of carbonyl (C=O) groups is 1. The molecule has 1 aliphatic carbocycles. The van der Waals surface area contributed by atoms with Crippen LogP contribution in [0.3, 0.4) is 0 Å². The lowest BCUT2D eigenvalue weighted by molar-refractivity contribution is -0.181. The molecular formula is C31H34N8O4. The predicted octanol–water partition coefficient (Wildman–Crippen LogP) is 4.76. The zero-order valence-corrected chi connectivity index (χ0v) is 23.8. The number of ether oxygens (including phenoxy) is 3. The predicted molar refractivity (Wildman–Crippen MR) is 160 cm³/mol. The fourth-order valence-electron chi connectivity index (χ4n) is 6.84. The number of aromatic nitrogens is 5. The first-order chi connectivity index (χ1) is 21.1. The Labute approximate surface area is 248 Å². The van der Waals surface area contributed by atoms with Crippen LogP contribution in [0.15, 0.2) is 55.0 Å². The number of morpholine rings is 1. The molecular weight excluding hydrogens is 548 g/mol. The van der Waals surface area contributed by atoms with Gasteiger partial charge in [-0.15, -0.1) is 0 Å².